The third-order valence-electron chi connectivity index (χ3n) is 3.36. The maximum atomic E-state index is 13.7. The highest BCUT2D eigenvalue weighted by Gasteiger charge is 2.09. The molecule has 0 radical (unpaired) electrons. The van der Waals surface area contributed by atoms with Crippen LogP contribution in [0.15, 0.2) is 41.9 Å². The van der Waals surface area contributed by atoms with Crippen LogP contribution in [0.2, 0.25) is 0 Å². The minimum Gasteiger partial charge on any atom is -0.494 e. The molecule has 0 aliphatic carbocycles. The van der Waals surface area contributed by atoms with Gasteiger partial charge < -0.3 is 10.1 Å². The van der Waals surface area contributed by atoms with Gasteiger partial charge in [0.2, 0.25) is 0 Å². The zero-order valence-corrected chi connectivity index (χ0v) is 12.6. The minimum atomic E-state index is -0.374. The van der Waals surface area contributed by atoms with Gasteiger partial charge in [-0.2, -0.15) is 0 Å². The summed E-state index contributed by atoms with van der Waals surface area (Å²) in [4.78, 5) is 4.43. The number of aromatic nitrogens is 1. The van der Waals surface area contributed by atoms with E-state index in [4.69, 9.17) is 4.74 Å². The van der Waals surface area contributed by atoms with E-state index in [2.05, 4.69) is 16.4 Å². The Bertz CT molecular complexity index is 772. The van der Waals surface area contributed by atoms with Gasteiger partial charge in [-0.15, -0.1) is 11.3 Å². The maximum absolute atomic E-state index is 13.7. The number of rotatable bonds is 4. The number of anilines is 1. The van der Waals surface area contributed by atoms with Crippen molar-refractivity contribution in [2.45, 2.75) is 13.0 Å². The molecule has 0 bridgehead atoms. The number of ether oxygens (including phenoxy) is 1. The number of halogens is 1. The van der Waals surface area contributed by atoms with Crippen LogP contribution in [0.1, 0.15) is 18.5 Å². The summed E-state index contributed by atoms with van der Waals surface area (Å²) in [6.07, 6.45) is 1.85. The monoisotopic (exact) mass is 302 g/mol. The third kappa shape index (κ3) is 2.83. The molecule has 5 heteroatoms. The van der Waals surface area contributed by atoms with Crippen molar-refractivity contribution in [3.63, 3.8) is 0 Å². The first kappa shape index (κ1) is 13.8. The van der Waals surface area contributed by atoms with Crippen LogP contribution in [0.25, 0.3) is 10.2 Å². The highest BCUT2D eigenvalue weighted by atomic mass is 32.1. The van der Waals surface area contributed by atoms with Crippen LogP contribution in [-0.4, -0.2) is 12.1 Å². The molecule has 1 aromatic carbocycles. The van der Waals surface area contributed by atoms with Gasteiger partial charge in [-0.3, -0.25) is 4.98 Å². The van der Waals surface area contributed by atoms with Gasteiger partial charge in [-0.1, -0.05) is 0 Å². The van der Waals surface area contributed by atoms with E-state index in [0.717, 1.165) is 15.8 Å². The van der Waals surface area contributed by atoms with Crippen molar-refractivity contribution in [3.05, 3.63) is 53.3 Å². The summed E-state index contributed by atoms with van der Waals surface area (Å²) >= 11 is 1.67. The number of nitrogens with one attached hydrogen (secondary N) is 1. The fourth-order valence-corrected chi connectivity index (χ4v) is 2.98. The second-order valence-corrected chi connectivity index (χ2v) is 5.74. The molecule has 21 heavy (non-hydrogen) atoms. The largest absolute Gasteiger partial charge is 0.494 e. The summed E-state index contributed by atoms with van der Waals surface area (Å²) in [5, 5.41) is 5.30. The van der Waals surface area contributed by atoms with Crippen molar-refractivity contribution < 1.29 is 9.13 Å². The van der Waals surface area contributed by atoms with Gasteiger partial charge in [-0.05, 0) is 42.1 Å². The first-order chi connectivity index (χ1) is 10.2. The average molecular weight is 302 g/mol. The number of hydrogen-bond acceptors (Lipinski definition) is 4. The van der Waals surface area contributed by atoms with Crippen LogP contribution in [-0.2, 0) is 0 Å². The Hall–Kier alpha value is -2.14. The van der Waals surface area contributed by atoms with E-state index < -0.39 is 0 Å². The van der Waals surface area contributed by atoms with Gasteiger partial charge in [0.05, 0.1) is 23.4 Å². The Morgan fingerprint density at radius 3 is 2.90 bits per heavy atom. The fraction of sp³-hybridized carbons (Fsp3) is 0.188. The van der Waals surface area contributed by atoms with E-state index in [1.165, 1.54) is 13.2 Å². The van der Waals surface area contributed by atoms with E-state index in [-0.39, 0.29) is 17.6 Å². The van der Waals surface area contributed by atoms with Crippen molar-refractivity contribution in [2.24, 2.45) is 0 Å². The molecule has 0 aliphatic rings. The molecule has 1 unspecified atom stereocenters. The normalized spacial score (nSPS) is 12.3. The SMILES string of the molecule is COc1ccc(NC(C)c2cnc3ccsc3c2)cc1F. The van der Waals surface area contributed by atoms with Crippen molar-refractivity contribution in [2.75, 3.05) is 12.4 Å². The quantitative estimate of drug-likeness (QED) is 0.763. The first-order valence-electron chi connectivity index (χ1n) is 6.60. The Morgan fingerprint density at radius 1 is 1.29 bits per heavy atom. The molecule has 1 N–H and O–H groups in total. The van der Waals surface area contributed by atoms with Crippen LogP contribution >= 0.6 is 11.3 Å². The molecule has 0 saturated carbocycles. The van der Waals surface area contributed by atoms with Crippen molar-refractivity contribution >= 4 is 27.2 Å². The van der Waals surface area contributed by atoms with Crippen LogP contribution in [0, 0.1) is 5.82 Å². The van der Waals surface area contributed by atoms with E-state index in [1.54, 1.807) is 23.5 Å². The highest BCUT2D eigenvalue weighted by Crippen LogP contribution is 2.26. The van der Waals surface area contributed by atoms with Gasteiger partial charge in [-0.25, -0.2) is 4.39 Å². The highest BCUT2D eigenvalue weighted by molar-refractivity contribution is 7.17. The summed E-state index contributed by atoms with van der Waals surface area (Å²) in [6.45, 7) is 2.03. The van der Waals surface area contributed by atoms with Crippen LogP contribution in [0.5, 0.6) is 5.75 Å². The number of thiophene rings is 1. The van der Waals surface area contributed by atoms with Crippen LogP contribution in [0.3, 0.4) is 0 Å². The summed E-state index contributed by atoms with van der Waals surface area (Å²) < 4.78 is 19.8. The zero-order chi connectivity index (χ0) is 14.8. The lowest BCUT2D eigenvalue weighted by Crippen LogP contribution is -2.07. The van der Waals surface area contributed by atoms with Crippen molar-refractivity contribution in [3.8, 4) is 5.75 Å². The Labute approximate surface area is 126 Å². The van der Waals surface area contributed by atoms with Gasteiger partial charge in [0.25, 0.3) is 0 Å². The molecule has 0 aliphatic heterocycles. The van der Waals surface area contributed by atoms with Crippen molar-refractivity contribution in [1.29, 1.82) is 0 Å². The Morgan fingerprint density at radius 2 is 2.14 bits per heavy atom. The number of hydrogen-bond donors (Lipinski definition) is 1. The van der Waals surface area contributed by atoms with Gasteiger partial charge >= 0.3 is 0 Å². The summed E-state index contributed by atoms with van der Waals surface area (Å²) in [5.74, 6) is -0.128. The standard InChI is InChI=1S/C16H15FN2OS/c1-10(11-7-16-14(18-9-11)5-6-21-16)19-12-3-4-15(20-2)13(17)8-12/h3-10,19H,1-2H3. The third-order valence-corrected chi connectivity index (χ3v) is 4.21. The first-order valence-corrected chi connectivity index (χ1v) is 7.48. The molecule has 1 atom stereocenters. The van der Waals surface area contributed by atoms with Gasteiger partial charge in [0, 0.05) is 18.0 Å². The molecule has 0 saturated heterocycles. The number of pyridine rings is 1. The minimum absolute atomic E-state index is 0.0387. The maximum Gasteiger partial charge on any atom is 0.167 e. The molecular weight excluding hydrogens is 287 g/mol. The van der Waals surface area contributed by atoms with Crippen LogP contribution < -0.4 is 10.1 Å². The molecule has 0 amide bonds. The zero-order valence-electron chi connectivity index (χ0n) is 11.8. The van der Waals surface area contributed by atoms with E-state index in [9.17, 15) is 4.39 Å². The van der Waals surface area contributed by atoms with Crippen molar-refractivity contribution in [1.82, 2.24) is 4.98 Å². The van der Waals surface area contributed by atoms with E-state index in [1.807, 2.05) is 24.6 Å². The summed E-state index contributed by atoms with van der Waals surface area (Å²) in [6, 6.07) is 9.01. The Balaban J connectivity index is 1.81. The summed E-state index contributed by atoms with van der Waals surface area (Å²) in [7, 11) is 1.45. The van der Waals surface area contributed by atoms with Gasteiger partial charge in [0.15, 0.2) is 11.6 Å². The lowest BCUT2D eigenvalue weighted by molar-refractivity contribution is 0.386. The molecular formula is C16H15FN2OS. The molecule has 2 heterocycles. The predicted octanol–water partition coefficient (Wildman–Crippen LogP) is 4.62. The fourth-order valence-electron chi connectivity index (χ4n) is 2.19. The molecule has 3 rings (SSSR count). The van der Waals surface area contributed by atoms with Crippen LogP contribution in [0.4, 0.5) is 10.1 Å². The average Bonchev–Trinajstić information content (AvgIpc) is 2.94. The lowest BCUT2D eigenvalue weighted by atomic mass is 10.1. The molecule has 2 aromatic heterocycles. The molecule has 3 aromatic rings. The number of fused-ring (bicyclic) bond motifs is 1. The predicted molar refractivity (Wildman–Crippen MR) is 84.6 cm³/mol. The molecule has 0 fully saturated rings. The Kier molecular flexibility index (Phi) is 3.75. The topological polar surface area (TPSA) is 34.1 Å². The number of methoxy groups -OCH3 is 1. The van der Waals surface area contributed by atoms with Gasteiger partial charge in [0.1, 0.15) is 0 Å². The molecule has 0 spiro atoms. The lowest BCUT2D eigenvalue weighted by Gasteiger charge is -2.16. The van der Waals surface area contributed by atoms with E-state index >= 15 is 0 Å². The second kappa shape index (κ2) is 5.69. The number of nitrogens with zero attached hydrogens (tertiary/aromatic N) is 1. The number of benzene rings is 1. The second-order valence-electron chi connectivity index (χ2n) is 4.79. The molecule has 3 nitrogen and oxygen atoms in total. The smallest absolute Gasteiger partial charge is 0.167 e. The molecule has 108 valence electrons. The summed E-state index contributed by atoms with van der Waals surface area (Å²) in [5.41, 5.74) is 2.79. The van der Waals surface area contributed by atoms with E-state index in [0.29, 0.717) is 5.69 Å².